The number of morpholine rings is 1. The molecule has 1 unspecified atom stereocenters. The molecule has 0 bridgehead atoms. The van der Waals surface area contributed by atoms with Gasteiger partial charge in [-0.25, -0.2) is 4.98 Å². The Kier molecular flexibility index (Phi) is 6.15. The van der Waals surface area contributed by atoms with Gasteiger partial charge in [0.15, 0.2) is 0 Å². The van der Waals surface area contributed by atoms with Gasteiger partial charge in [-0.1, -0.05) is 19.9 Å². The van der Waals surface area contributed by atoms with Crippen LogP contribution < -0.4 is 10.6 Å². The van der Waals surface area contributed by atoms with Crippen LogP contribution in [-0.4, -0.2) is 61.7 Å². The highest BCUT2D eigenvalue weighted by Crippen LogP contribution is 2.10. The molecule has 1 amide bonds. The lowest BCUT2D eigenvalue weighted by atomic mass is 10.2. The molecular formula is C16H26N4O2. The predicted octanol–water partition coefficient (Wildman–Crippen LogP) is 1.21. The van der Waals surface area contributed by atoms with E-state index in [4.69, 9.17) is 4.74 Å². The van der Waals surface area contributed by atoms with Gasteiger partial charge >= 0.3 is 0 Å². The third kappa shape index (κ3) is 4.96. The third-order valence-electron chi connectivity index (χ3n) is 3.57. The van der Waals surface area contributed by atoms with Crippen LogP contribution in [0.2, 0.25) is 0 Å². The van der Waals surface area contributed by atoms with Gasteiger partial charge in [-0.2, -0.15) is 0 Å². The zero-order valence-electron chi connectivity index (χ0n) is 13.6. The van der Waals surface area contributed by atoms with Gasteiger partial charge in [0.05, 0.1) is 12.7 Å². The molecular weight excluding hydrogens is 280 g/mol. The standard InChI is InChI=1S/C16H26N4O2/c1-12(2)10-20-7-8-22-13(11-20)9-18-15-6-4-5-14(19-15)16(21)17-3/h4-6,12-13H,7-11H2,1-3H3,(H,17,21)(H,18,19). The molecule has 122 valence electrons. The molecule has 1 aromatic rings. The fourth-order valence-electron chi connectivity index (χ4n) is 2.59. The van der Waals surface area contributed by atoms with E-state index >= 15 is 0 Å². The number of ether oxygens (including phenoxy) is 1. The van der Waals surface area contributed by atoms with E-state index in [1.54, 1.807) is 13.1 Å². The number of carbonyl (C=O) groups is 1. The summed E-state index contributed by atoms with van der Waals surface area (Å²) in [6.07, 6.45) is 0.151. The highest BCUT2D eigenvalue weighted by Gasteiger charge is 2.20. The number of rotatable bonds is 6. The molecule has 0 saturated carbocycles. The topological polar surface area (TPSA) is 66.5 Å². The Hall–Kier alpha value is -1.66. The average molecular weight is 306 g/mol. The monoisotopic (exact) mass is 306 g/mol. The quantitative estimate of drug-likeness (QED) is 0.827. The Balaban J connectivity index is 1.86. The largest absolute Gasteiger partial charge is 0.374 e. The Labute approximate surface area is 132 Å². The Morgan fingerprint density at radius 2 is 2.32 bits per heavy atom. The first kappa shape index (κ1) is 16.7. The summed E-state index contributed by atoms with van der Waals surface area (Å²) >= 11 is 0. The molecule has 2 N–H and O–H groups in total. The first-order valence-corrected chi connectivity index (χ1v) is 7.85. The molecule has 0 radical (unpaired) electrons. The van der Waals surface area contributed by atoms with Gasteiger partial charge in [-0.15, -0.1) is 0 Å². The van der Waals surface area contributed by atoms with Crippen LogP contribution in [0.5, 0.6) is 0 Å². The van der Waals surface area contributed by atoms with Gasteiger partial charge in [0.25, 0.3) is 5.91 Å². The highest BCUT2D eigenvalue weighted by atomic mass is 16.5. The SMILES string of the molecule is CNC(=O)c1cccc(NCC2CN(CC(C)C)CCO2)n1. The molecule has 0 spiro atoms. The maximum Gasteiger partial charge on any atom is 0.269 e. The number of nitrogens with zero attached hydrogens (tertiary/aromatic N) is 2. The van der Waals surface area contributed by atoms with E-state index in [1.807, 2.05) is 12.1 Å². The number of carbonyl (C=O) groups excluding carboxylic acids is 1. The predicted molar refractivity (Wildman–Crippen MR) is 87.1 cm³/mol. The van der Waals surface area contributed by atoms with Crippen molar-refractivity contribution >= 4 is 11.7 Å². The van der Waals surface area contributed by atoms with Crippen molar-refractivity contribution in [2.75, 3.05) is 45.2 Å². The van der Waals surface area contributed by atoms with Crippen LogP contribution in [0.15, 0.2) is 18.2 Å². The van der Waals surface area contributed by atoms with E-state index in [-0.39, 0.29) is 12.0 Å². The van der Waals surface area contributed by atoms with Gasteiger partial charge < -0.3 is 15.4 Å². The zero-order chi connectivity index (χ0) is 15.9. The van der Waals surface area contributed by atoms with Crippen LogP contribution in [-0.2, 0) is 4.74 Å². The van der Waals surface area contributed by atoms with Crippen LogP contribution in [0.25, 0.3) is 0 Å². The second kappa shape index (κ2) is 8.10. The number of amides is 1. The van der Waals surface area contributed by atoms with E-state index in [0.717, 1.165) is 26.2 Å². The second-order valence-electron chi connectivity index (χ2n) is 6.01. The summed E-state index contributed by atoms with van der Waals surface area (Å²) in [4.78, 5) is 18.3. The Morgan fingerprint density at radius 1 is 1.50 bits per heavy atom. The van der Waals surface area contributed by atoms with E-state index in [0.29, 0.717) is 24.0 Å². The summed E-state index contributed by atoms with van der Waals surface area (Å²) in [6.45, 7) is 8.96. The fourth-order valence-corrected chi connectivity index (χ4v) is 2.59. The number of anilines is 1. The van der Waals surface area contributed by atoms with Crippen molar-refractivity contribution in [2.24, 2.45) is 5.92 Å². The molecule has 1 aliphatic heterocycles. The van der Waals surface area contributed by atoms with Gasteiger partial charge in [0.2, 0.25) is 0 Å². The van der Waals surface area contributed by atoms with E-state index in [1.165, 1.54) is 0 Å². The minimum atomic E-state index is -0.180. The van der Waals surface area contributed by atoms with E-state index < -0.39 is 0 Å². The Bertz CT molecular complexity index is 493. The molecule has 6 heteroatoms. The molecule has 0 aliphatic carbocycles. The van der Waals surface area contributed by atoms with Crippen LogP contribution in [0.4, 0.5) is 5.82 Å². The maximum atomic E-state index is 11.6. The lowest BCUT2D eigenvalue weighted by Crippen LogP contribution is -2.46. The van der Waals surface area contributed by atoms with Gasteiger partial charge in [0.1, 0.15) is 11.5 Å². The first-order chi connectivity index (χ1) is 10.6. The zero-order valence-corrected chi connectivity index (χ0v) is 13.6. The smallest absolute Gasteiger partial charge is 0.269 e. The van der Waals surface area contributed by atoms with Gasteiger partial charge in [-0.05, 0) is 18.1 Å². The van der Waals surface area contributed by atoms with Crippen LogP contribution in [0.3, 0.4) is 0 Å². The molecule has 0 aromatic carbocycles. The van der Waals surface area contributed by atoms with Crippen molar-refractivity contribution in [3.8, 4) is 0 Å². The molecule has 1 aliphatic rings. The summed E-state index contributed by atoms with van der Waals surface area (Å²) in [5, 5.41) is 5.84. The average Bonchev–Trinajstić information content (AvgIpc) is 2.52. The van der Waals surface area contributed by atoms with E-state index in [2.05, 4.69) is 34.4 Å². The third-order valence-corrected chi connectivity index (χ3v) is 3.57. The van der Waals surface area contributed by atoms with Crippen LogP contribution >= 0.6 is 0 Å². The second-order valence-corrected chi connectivity index (χ2v) is 6.01. The summed E-state index contributed by atoms with van der Waals surface area (Å²) in [5.74, 6) is 1.18. The number of pyridine rings is 1. The van der Waals surface area contributed by atoms with Crippen molar-refractivity contribution in [3.05, 3.63) is 23.9 Å². The lowest BCUT2D eigenvalue weighted by Gasteiger charge is -2.34. The number of hydrogen-bond acceptors (Lipinski definition) is 5. The molecule has 6 nitrogen and oxygen atoms in total. The van der Waals surface area contributed by atoms with E-state index in [9.17, 15) is 4.79 Å². The summed E-state index contributed by atoms with van der Waals surface area (Å²) < 4.78 is 5.80. The van der Waals surface area contributed by atoms with Crippen molar-refractivity contribution < 1.29 is 9.53 Å². The summed E-state index contributed by atoms with van der Waals surface area (Å²) in [5.41, 5.74) is 0.415. The first-order valence-electron chi connectivity index (χ1n) is 7.85. The van der Waals surface area contributed by atoms with Crippen LogP contribution in [0, 0.1) is 5.92 Å². The molecule has 1 atom stereocenters. The highest BCUT2D eigenvalue weighted by molar-refractivity contribution is 5.92. The minimum Gasteiger partial charge on any atom is -0.374 e. The fraction of sp³-hybridized carbons (Fsp3) is 0.625. The minimum absolute atomic E-state index is 0.151. The Morgan fingerprint density at radius 3 is 3.05 bits per heavy atom. The molecule has 1 saturated heterocycles. The molecule has 2 heterocycles. The van der Waals surface area contributed by atoms with Crippen molar-refractivity contribution in [1.82, 2.24) is 15.2 Å². The lowest BCUT2D eigenvalue weighted by molar-refractivity contribution is -0.0244. The summed E-state index contributed by atoms with van der Waals surface area (Å²) in [7, 11) is 1.60. The maximum absolute atomic E-state index is 11.6. The normalized spacial score (nSPS) is 19.2. The number of hydrogen-bond donors (Lipinski definition) is 2. The molecule has 1 fully saturated rings. The van der Waals surface area contributed by atoms with Gasteiger partial charge in [-0.3, -0.25) is 9.69 Å². The number of nitrogens with one attached hydrogen (secondary N) is 2. The van der Waals surface area contributed by atoms with Crippen molar-refractivity contribution in [3.63, 3.8) is 0 Å². The van der Waals surface area contributed by atoms with Crippen molar-refractivity contribution in [1.29, 1.82) is 0 Å². The number of aromatic nitrogens is 1. The molecule has 22 heavy (non-hydrogen) atoms. The molecule has 2 rings (SSSR count). The van der Waals surface area contributed by atoms with Crippen LogP contribution in [0.1, 0.15) is 24.3 Å². The molecule has 1 aromatic heterocycles. The van der Waals surface area contributed by atoms with Crippen molar-refractivity contribution in [2.45, 2.75) is 20.0 Å². The summed E-state index contributed by atoms with van der Waals surface area (Å²) in [6, 6.07) is 5.39. The van der Waals surface area contributed by atoms with Gasteiger partial charge in [0, 0.05) is 33.2 Å².